The number of hydrogen-bond donors (Lipinski definition) is 0. The van der Waals surface area contributed by atoms with Crippen LogP contribution in [0.2, 0.25) is 0 Å². The molecule has 2 aromatic rings. The third-order valence-corrected chi connectivity index (χ3v) is 2.97. The second-order valence-corrected chi connectivity index (χ2v) is 5.20. The second-order valence-electron chi connectivity index (χ2n) is 4.34. The largest absolute Gasteiger partial charge is 0.345 e. The predicted molar refractivity (Wildman–Crippen MR) is 67.0 cm³/mol. The highest BCUT2D eigenvalue weighted by molar-refractivity contribution is 9.10. The zero-order valence-corrected chi connectivity index (χ0v) is 10.9. The zero-order valence-electron chi connectivity index (χ0n) is 9.29. The van der Waals surface area contributed by atoms with E-state index in [-0.39, 0.29) is 0 Å². The molecular formula is C12H15BrN2. The molecular weight excluding hydrogens is 252 g/mol. The molecule has 0 saturated carbocycles. The van der Waals surface area contributed by atoms with E-state index < -0.39 is 0 Å². The summed E-state index contributed by atoms with van der Waals surface area (Å²) in [6.07, 6.45) is 2.11. The van der Waals surface area contributed by atoms with E-state index in [1.165, 1.54) is 5.52 Å². The molecule has 0 unspecified atom stereocenters. The van der Waals surface area contributed by atoms with Crippen LogP contribution >= 0.6 is 15.9 Å². The molecule has 2 nitrogen and oxygen atoms in total. The monoisotopic (exact) mass is 266 g/mol. The Kier molecular flexibility index (Phi) is 2.83. The third-order valence-electron chi connectivity index (χ3n) is 2.36. The maximum atomic E-state index is 4.51. The molecule has 0 bridgehead atoms. The van der Waals surface area contributed by atoms with Crippen molar-refractivity contribution < 1.29 is 0 Å². The lowest BCUT2D eigenvalue weighted by atomic mass is 10.2. The minimum Gasteiger partial charge on any atom is -0.345 e. The number of nitrogens with zero attached hydrogens (tertiary/aromatic N) is 2. The van der Waals surface area contributed by atoms with Gasteiger partial charge in [-0.2, -0.15) is 0 Å². The molecule has 2 heterocycles. The van der Waals surface area contributed by atoms with E-state index >= 15 is 0 Å². The molecule has 0 aliphatic carbocycles. The summed E-state index contributed by atoms with van der Waals surface area (Å²) in [5, 5.41) is 0. The van der Waals surface area contributed by atoms with Crippen molar-refractivity contribution in [3.8, 4) is 0 Å². The SMILES string of the molecule is Cc1cc(Br)c2c(ccn2CC(C)C)n1. The number of hydrogen-bond acceptors (Lipinski definition) is 1. The molecule has 0 fully saturated rings. The summed E-state index contributed by atoms with van der Waals surface area (Å²) < 4.78 is 3.40. The molecule has 0 aliphatic rings. The number of rotatable bonds is 2. The lowest BCUT2D eigenvalue weighted by Gasteiger charge is -2.09. The fraction of sp³-hybridized carbons (Fsp3) is 0.417. The molecule has 2 rings (SSSR count). The Balaban J connectivity index is 2.58. The molecule has 0 radical (unpaired) electrons. The number of halogens is 1. The first-order chi connectivity index (χ1) is 7.08. The Hall–Kier alpha value is -0.830. The first-order valence-electron chi connectivity index (χ1n) is 5.20. The Labute approximate surface area is 98.4 Å². The molecule has 0 amide bonds. The van der Waals surface area contributed by atoms with Crippen LogP contribution in [0.5, 0.6) is 0 Å². The minimum atomic E-state index is 0.647. The van der Waals surface area contributed by atoms with Gasteiger partial charge >= 0.3 is 0 Å². The van der Waals surface area contributed by atoms with Gasteiger partial charge in [0, 0.05) is 22.9 Å². The predicted octanol–water partition coefficient (Wildman–Crippen LogP) is 3.76. The first-order valence-corrected chi connectivity index (χ1v) is 5.99. The van der Waals surface area contributed by atoms with Gasteiger partial charge in [-0.3, -0.25) is 4.98 Å². The Morgan fingerprint density at radius 3 is 2.87 bits per heavy atom. The summed E-state index contributed by atoms with van der Waals surface area (Å²) in [4.78, 5) is 4.51. The Morgan fingerprint density at radius 2 is 2.20 bits per heavy atom. The van der Waals surface area contributed by atoms with Crippen molar-refractivity contribution in [3.63, 3.8) is 0 Å². The van der Waals surface area contributed by atoms with E-state index in [1.54, 1.807) is 0 Å². The van der Waals surface area contributed by atoms with Crippen LogP contribution in [0.4, 0.5) is 0 Å². The van der Waals surface area contributed by atoms with Crippen molar-refractivity contribution in [2.24, 2.45) is 5.92 Å². The van der Waals surface area contributed by atoms with Gasteiger partial charge in [0.15, 0.2) is 0 Å². The van der Waals surface area contributed by atoms with E-state index in [9.17, 15) is 0 Å². The number of aromatic nitrogens is 2. The van der Waals surface area contributed by atoms with E-state index in [4.69, 9.17) is 0 Å². The van der Waals surface area contributed by atoms with Crippen LogP contribution in [0.1, 0.15) is 19.5 Å². The zero-order chi connectivity index (χ0) is 11.0. The molecule has 0 spiro atoms. The number of pyridine rings is 1. The summed E-state index contributed by atoms with van der Waals surface area (Å²) in [7, 11) is 0. The van der Waals surface area contributed by atoms with Crippen LogP contribution in [0.25, 0.3) is 11.0 Å². The maximum Gasteiger partial charge on any atom is 0.0895 e. The second kappa shape index (κ2) is 3.97. The quantitative estimate of drug-likeness (QED) is 0.810. The fourth-order valence-corrected chi connectivity index (χ4v) is 2.59. The van der Waals surface area contributed by atoms with Gasteiger partial charge in [-0.05, 0) is 40.9 Å². The van der Waals surface area contributed by atoms with E-state index in [2.05, 4.69) is 57.7 Å². The Morgan fingerprint density at radius 1 is 1.47 bits per heavy atom. The van der Waals surface area contributed by atoms with Gasteiger partial charge in [0.2, 0.25) is 0 Å². The molecule has 15 heavy (non-hydrogen) atoms. The molecule has 80 valence electrons. The number of aryl methyl sites for hydroxylation is 1. The van der Waals surface area contributed by atoms with Gasteiger partial charge in [-0.15, -0.1) is 0 Å². The maximum absolute atomic E-state index is 4.51. The molecule has 0 aromatic carbocycles. The minimum absolute atomic E-state index is 0.647. The van der Waals surface area contributed by atoms with Crippen molar-refractivity contribution in [2.75, 3.05) is 0 Å². The molecule has 0 N–H and O–H groups in total. The van der Waals surface area contributed by atoms with Crippen LogP contribution in [0.15, 0.2) is 22.8 Å². The average Bonchev–Trinajstić information content (AvgIpc) is 2.46. The van der Waals surface area contributed by atoms with Crippen LogP contribution < -0.4 is 0 Å². The molecule has 2 aromatic heterocycles. The van der Waals surface area contributed by atoms with Gasteiger partial charge in [0.25, 0.3) is 0 Å². The van der Waals surface area contributed by atoms with E-state index in [0.29, 0.717) is 5.92 Å². The fourth-order valence-electron chi connectivity index (χ4n) is 1.83. The summed E-state index contributed by atoms with van der Waals surface area (Å²) in [5.74, 6) is 0.647. The summed E-state index contributed by atoms with van der Waals surface area (Å²) in [6, 6.07) is 4.15. The van der Waals surface area contributed by atoms with Crippen molar-refractivity contribution in [2.45, 2.75) is 27.3 Å². The highest BCUT2D eigenvalue weighted by atomic mass is 79.9. The lowest BCUT2D eigenvalue weighted by Crippen LogP contribution is -2.03. The molecule has 0 saturated heterocycles. The van der Waals surface area contributed by atoms with Gasteiger partial charge in [-0.1, -0.05) is 13.8 Å². The van der Waals surface area contributed by atoms with Crippen molar-refractivity contribution in [3.05, 3.63) is 28.5 Å². The van der Waals surface area contributed by atoms with Crippen LogP contribution in [-0.4, -0.2) is 9.55 Å². The summed E-state index contributed by atoms with van der Waals surface area (Å²) >= 11 is 3.61. The van der Waals surface area contributed by atoms with Crippen molar-refractivity contribution >= 4 is 27.0 Å². The molecule has 0 aliphatic heterocycles. The number of fused-ring (bicyclic) bond motifs is 1. The van der Waals surface area contributed by atoms with Gasteiger partial charge in [-0.25, -0.2) is 0 Å². The van der Waals surface area contributed by atoms with Crippen LogP contribution in [0, 0.1) is 12.8 Å². The van der Waals surface area contributed by atoms with Gasteiger partial charge < -0.3 is 4.57 Å². The summed E-state index contributed by atoms with van der Waals surface area (Å²) in [6.45, 7) is 7.50. The molecule has 0 atom stereocenters. The van der Waals surface area contributed by atoms with Crippen molar-refractivity contribution in [1.82, 2.24) is 9.55 Å². The first kappa shape index (κ1) is 10.7. The normalized spacial score (nSPS) is 11.5. The van der Waals surface area contributed by atoms with Crippen LogP contribution in [-0.2, 0) is 6.54 Å². The van der Waals surface area contributed by atoms with E-state index in [0.717, 1.165) is 22.2 Å². The third kappa shape index (κ3) is 2.07. The standard InChI is InChI=1S/C12H15BrN2/c1-8(2)7-15-5-4-11-12(15)10(13)6-9(3)14-11/h4-6,8H,7H2,1-3H3. The van der Waals surface area contributed by atoms with Crippen molar-refractivity contribution in [1.29, 1.82) is 0 Å². The smallest absolute Gasteiger partial charge is 0.0895 e. The molecule has 3 heteroatoms. The Bertz CT molecular complexity index is 486. The van der Waals surface area contributed by atoms with E-state index in [1.807, 2.05) is 6.92 Å². The average molecular weight is 267 g/mol. The van der Waals surface area contributed by atoms with Crippen LogP contribution in [0.3, 0.4) is 0 Å². The van der Waals surface area contributed by atoms with Gasteiger partial charge in [0.1, 0.15) is 0 Å². The highest BCUT2D eigenvalue weighted by Gasteiger charge is 2.08. The summed E-state index contributed by atoms with van der Waals surface area (Å²) in [5.41, 5.74) is 3.33. The highest BCUT2D eigenvalue weighted by Crippen LogP contribution is 2.25. The lowest BCUT2D eigenvalue weighted by molar-refractivity contribution is 0.535. The topological polar surface area (TPSA) is 17.8 Å². The van der Waals surface area contributed by atoms with Gasteiger partial charge in [0.05, 0.1) is 11.0 Å².